The van der Waals surface area contributed by atoms with Crippen LogP contribution < -0.4 is 15.6 Å². The van der Waals surface area contributed by atoms with Crippen molar-refractivity contribution in [3.63, 3.8) is 0 Å². The molecule has 1 N–H and O–H groups in total. The lowest BCUT2D eigenvalue weighted by Crippen LogP contribution is -2.27. The van der Waals surface area contributed by atoms with Crippen molar-refractivity contribution in [1.29, 1.82) is 0 Å². The van der Waals surface area contributed by atoms with Crippen molar-refractivity contribution in [1.82, 2.24) is 9.55 Å². The van der Waals surface area contributed by atoms with E-state index < -0.39 is 18.0 Å². The van der Waals surface area contributed by atoms with Gasteiger partial charge in [0.05, 0.1) is 17.2 Å². The number of ether oxygens (including phenoxy) is 1. The third-order valence-electron chi connectivity index (χ3n) is 3.47. The Bertz CT molecular complexity index is 1050. The fourth-order valence-electron chi connectivity index (χ4n) is 2.34. The minimum Gasteiger partial charge on any atom is -0.406 e. The molecule has 0 radical (unpaired) electrons. The zero-order valence-corrected chi connectivity index (χ0v) is 15.0. The fraction of sp³-hybridized carbons (Fsp3) is 0.118. The summed E-state index contributed by atoms with van der Waals surface area (Å²) in [7, 11) is 0. The Morgan fingerprint density at radius 3 is 2.56 bits per heavy atom. The number of carbonyl (C=O) groups is 1. The van der Waals surface area contributed by atoms with Crippen LogP contribution in [0, 0.1) is 0 Å². The van der Waals surface area contributed by atoms with Gasteiger partial charge in [0.15, 0.2) is 0 Å². The van der Waals surface area contributed by atoms with Crippen LogP contribution in [0.2, 0.25) is 0 Å². The van der Waals surface area contributed by atoms with E-state index in [1.807, 2.05) is 0 Å². The van der Waals surface area contributed by atoms with Crippen LogP contribution in [0.3, 0.4) is 0 Å². The predicted molar refractivity (Wildman–Crippen MR) is 95.5 cm³/mol. The number of hydrogen-bond acceptors (Lipinski definition) is 4. The Morgan fingerprint density at radius 1 is 1.19 bits per heavy atom. The first-order valence-electron chi connectivity index (χ1n) is 7.52. The van der Waals surface area contributed by atoms with Gasteiger partial charge in [-0.15, -0.1) is 13.2 Å². The van der Waals surface area contributed by atoms with Crippen molar-refractivity contribution in [2.45, 2.75) is 12.9 Å². The van der Waals surface area contributed by atoms with Crippen molar-refractivity contribution < 1.29 is 22.7 Å². The number of fused-ring (bicyclic) bond motifs is 1. The maximum absolute atomic E-state index is 12.4. The van der Waals surface area contributed by atoms with Crippen molar-refractivity contribution in [2.24, 2.45) is 0 Å². The molecule has 0 aliphatic carbocycles. The first-order chi connectivity index (χ1) is 12.7. The van der Waals surface area contributed by atoms with Crippen molar-refractivity contribution in [3.8, 4) is 5.75 Å². The topological polar surface area (TPSA) is 73.2 Å². The molecule has 2 aromatic carbocycles. The molecular weight excluding hydrogens is 431 g/mol. The number of nitrogens with zero attached hydrogens (tertiary/aromatic N) is 2. The number of amides is 1. The number of nitrogens with one attached hydrogen (secondary N) is 1. The van der Waals surface area contributed by atoms with Crippen LogP contribution in [0.4, 0.5) is 18.9 Å². The van der Waals surface area contributed by atoms with Gasteiger partial charge in [-0.3, -0.25) is 14.2 Å². The second-order valence-corrected chi connectivity index (χ2v) is 6.38. The molecule has 3 aromatic rings. The maximum atomic E-state index is 12.4. The van der Waals surface area contributed by atoms with Gasteiger partial charge in [0.25, 0.3) is 5.56 Å². The zero-order chi connectivity index (χ0) is 19.6. The molecule has 0 unspecified atom stereocenters. The van der Waals surface area contributed by atoms with Gasteiger partial charge < -0.3 is 10.1 Å². The first kappa shape index (κ1) is 18.9. The zero-order valence-electron chi connectivity index (χ0n) is 13.5. The van der Waals surface area contributed by atoms with Crippen LogP contribution in [-0.2, 0) is 11.3 Å². The number of benzene rings is 2. The van der Waals surface area contributed by atoms with Crippen LogP contribution in [-0.4, -0.2) is 21.8 Å². The van der Waals surface area contributed by atoms with Crippen LogP contribution in [0.25, 0.3) is 10.9 Å². The van der Waals surface area contributed by atoms with Gasteiger partial charge >= 0.3 is 6.36 Å². The summed E-state index contributed by atoms with van der Waals surface area (Å²) in [6, 6.07) is 9.70. The highest BCUT2D eigenvalue weighted by molar-refractivity contribution is 9.10. The lowest BCUT2D eigenvalue weighted by atomic mass is 10.2. The highest BCUT2D eigenvalue weighted by Gasteiger charge is 2.30. The SMILES string of the molecule is O=C(Cn1cnc2ccc(Br)cc2c1=O)Nc1ccc(OC(F)(F)F)cc1. The Hall–Kier alpha value is -2.88. The molecule has 27 heavy (non-hydrogen) atoms. The molecule has 0 saturated heterocycles. The molecule has 10 heteroatoms. The number of carbonyl (C=O) groups excluding carboxylic acids is 1. The van der Waals surface area contributed by atoms with Crippen molar-refractivity contribution in [2.75, 3.05) is 5.32 Å². The quantitative estimate of drug-likeness (QED) is 0.669. The third-order valence-corrected chi connectivity index (χ3v) is 3.96. The molecule has 3 rings (SSSR count). The van der Waals surface area contributed by atoms with Gasteiger partial charge in [-0.1, -0.05) is 15.9 Å². The average Bonchev–Trinajstić information content (AvgIpc) is 2.58. The van der Waals surface area contributed by atoms with Gasteiger partial charge in [0.2, 0.25) is 5.91 Å². The minimum absolute atomic E-state index is 0.263. The van der Waals surface area contributed by atoms with E-state index in [1.165, 1.54) is 18.5 Å². The Labute approximate surface area is 158 Å². The number of hydrogen-bond donors (Lipinski definition) is 1. The molecule has 0 fully saturated rings. The molecule has 0 bridgehead atoms. The molecule has 0 atom stereocenters. The van der Waals surface area contributed by atoms with Gasteiger partial charge in [-0.05, 0) is 42.5 Å². The maximum Gasteiger partial charge on any atom is 0.573 e. The molecule has 0 aliphatic heterocycles. The predicted octanol–water partition coefficient (Wildman–Crippen LogP) is 3.70. The van der Waals surface area contributed by atoms with E-state index in [4.69, 9.17) is 0 Å². The lowest BCUT2D eigenvalue weighted by molar-refractivity contribution is -0.274. The molecule has 1 aromatic heterocycles. The van der Waals surface area contributed by atoms with Crippen LogP contribution in [0.15, 0.2) is 58.1 Å². The summed E-state index contributed by atoms with van der Waals surface area (Å²) in [5, 5.41) is 2.85. The Balaban J connectivity index is 1.72. The van der Waals surface area contributed by atoms with E-state index in [0.717, 1.165) is 16.7 Å². The number of alkyl halides is 3. The molecule has 6 nitrogen and oxygen atoms in total. The summed E-state index contributed by atoms with van der Waals surface area (Å²) >= 11 is 3.27. The second kappa shape index (κ2) is 7.39. The normalized spacial score (nSPS) is 11.4. The summed E-state index contributed by atoms with van der Waals surface area (Å²) in [4.78, 5) is 28.7. The van der Waals surface area contributed by atoms with Crippen molar-refractivity contribution >= 4 is 38.4 Å². The summed E-state index contributed by atoms with van der Waals surface area (Å²) in [5.41, 5.74) is 0.379. The van der Waals surface area contributed by atoms with E-state index >= 15 is 0 Å². The summed E-state index contributed by atoms with van der Waals surface area (Å²) in [6.07, 6.45) is -3.53. The average molecular weight is 442 g/mol. The van der Waals surface area contributed by atoms with Crippen LogP contribution in [0.5, 0.6) is 5.75 Å². The second-order valence-electron chi connectivity index (χ2n) is 5.46. The van der Waals surface area contributed by atoms with Crippen LogP contribution >= 0.6 is 15.9 Å². The number of halogens is 4. The molecule has 1 heterocycles. The summed E-state index contributed by atoms with van der Waals surface area (Å²) in [5.74, 6) is -0.932. The molecule has 1 amide bonds. The van der Waals surface area contributed by atoms with E-state index in [2.05, 4.69) is 31.0 Å². The first-order valence-corrected chi connectivity index (χ1v) is 8.31. The van der Waals surface area contributed by atoms with Crippen LogP contribution in [0.1, 0.15) is 0 Å². The molecular formula is C17H11BrF3N3O3. The Kier molecular flexibility index (Phi) is 5.17. The minimum atomic E-state index is -4.79. The summed E-state index contributed by atoms with van der Waals surface area (Å²) in [6.45, 7) is -0.297. The highest BCUT2D eigenvalue weighted by atomic mass is 79.9. The molecule has 0 saturated carbocycles. The van der Waals surface area contributed by atoms with E-state index in [1.54, 1.807) is 18.2 Å². The third kappa shape index (κ3) is 4.85. The van der Waals surface area contributed by atoms with Gasteiger partial charge in [0.1, 0.15) is 12.3 Å². The van der Waals surface area contributed by atoms with Gasteiger partial charge in [0, 0.05) is 10.2 Å². The number of aromatic nitrogens is 2. The van der Waals surface area contributed by atoms with Gasteiger partial charge in [-0.2, -0.15) is 0 Å². The number of anilines is 1. The standard InChI is InChI=1S/C17H11BrF3N3O3/c18-10-1-6-14-13(7-10)16(26)24(9-22-14)8-15(25)23-11-2-4-12(5-3-11)27-17(19,20)21/h1-7,9H,8H2,(H,23,25). The molecule has 0 aliphatic rings. The molecule has 0 spiro atoms. The highest BCUT2D eigenvalue weighted by Crippen LogP contribution is 2.24. The van der Waals surface area contributed by atoms with E-state index in [0.29, 0.717) is 15.4 Å². The lowest BCUT2D eigenvalue weighted by Gasteiger charge is -2.10. The van der Waals surface area contributed by atoms with Gasteiger partial charge in [-0.25, -0.2) is 4.98 Å². The van der Waals surface area contributed by atoms with Crippen molar-refractivity contribution in [3.05, 3.63) is 63.6 Å². The Morgan fingerprint density at radius 2 is 1.89 bits per heavy atom. The number of rotatable bonds is 4. The fourth-order valence-corrected chi connectivity index (χ4v) is 2.70. The monoisotopic (exact) mass is 441 g/mol. The van der Waals surface area contributed by atoms with E-state index in [9.17, 15) is 22.8 Å². The molecule has 140 valence electrons. The smallest absolute Gasteiger partial charge is 0.406 e. The van der Waals surface area contributed by atoms with E-state index in [-0.39, 0.29) is 17.8 Å². The largest absolute Gasteiger partial charge is 0.573 e. The summed E-state index contributed by atoms with van der Waals surface area (Å²) < 4.78 is 42.0.